The summed E-state index contributed by atoms with van der Waals surface area (Å²) in [5.41, 5.74) is 1.58. The van der Waals surface area contributed by atoms with Crippen LogP contribution in [0.2, 0.25) is 0 Å². The number of rotatable bonds is 4. The van der Waals surface area contributed by atoms with Crippen LogP contribution in [0.15, 0.2) is 23.3 Å². The normalized spacial score (nSPS) is 14.0. The standard InChI is InChI=1S/C14H15N5O6/c1-9(20)17-4-2-11(3-5-17)15-16-14(21)10-6-12(18(22)23)8-13(7-10)19(24)25/h6-8H,2-5H2,1H3,(H,16,21). The van der Waals surface area contributed by atoms with E-state index in [4.69, 9.17) is 0 Å². The van der Waals surface area contributed by atoms with E-state index in [0.717, 1.165) is 18.2 Å². The minimum atomic E-state index is -0.812. The molecule has 132 valence electrons. The lowest BCUT2D eigenvalue weighted by Gasteiger charge is -2.26. The molecule has 1 aromatic carbocycles. The summed E-state index contributed by atoms with van der Waals surface area (Å²) in [6, 6.07) is 2.67. The summed E-state index contributed by atoms with van der Waals surface area (Å²) in [6.07, 6.45) is 0.990. The zero-order chi connectivity index (χ0) is 18.6. The van der Waals surface area contributed by atoms with E-state index in [0.29, 0.717) is 31.6 Å². The van der Waals surface area contributed by atoms with Crippen LogP contribution in [0.5, 0.6) is 0 Å². The van der Waals surface area contributed by atoms with Gasteiger partial charge in [0.1, 0.15) is 0 Å². The summed E-state index contributed by atoms with van der Waals surface area (Å²) >= 11 is 0. The predicted octanol–water partition coefficient (Wildman–Crippen LogP) is 1.23. The Bertz CT molecular complexity index is 733. The molecule has 0 aromatic heterocycles. The Morgan fingerprint density at radius 2 is 1.60 bits per heavy atom. The van der Waals surface area contributed by atoms with Gasteiger partial charge in [-0.15, -0.1) is 0 Å². The molecule has 0 aliphatic carbocycles. The number of hydrogen-bond donors (Lipinski definition) is 1. The maximum absolute atomic E-state index is 12.1. The van der Waals surface area contributed by atoms with Crippen molar-refractivity contribution < 1.29 is 19.4 Å². The van der Waals surface area contributed by atoms with E-state index in [1.54, 1.807) is 4.90 Å². The number of nitrogens with one attached hydrogen (secondary N) is 1. The van der Waals surface area contributed by atoms with Gasteiger partial charge < -0.3 is 4.90 Å². The van der Waals surface area contributed by atoms with Crippen LogP contribution in [0.25, 0.3) is 0 Å². The number of benzene rings is 1. The van der Waals surface area contributed by atoms with Gasteiger partial charge in [-0.2, -0.15) is 5.10 Å². The van der Waals surface area contributed by atoms with Crippen LogP contribution >= 0.6 is 0 Å². The third kappa shape index (κ3) is 4.56. The molecule has 0 spiro atoms. The van der Waals surface area contributed by atoms with Crippen LogP contribution in [-0.4, -0.2) is 45.4 Å². The molecule has 25 heavy (non-hydrogen) atoms. The maximum Gasteiger partial charge on any atom is 0.277 e. The largest absolute Gasteiger partial charge is 0.342 e. The Labute approximate surface area is 141 Å². The molecule has 1 N–H and O–H groups in total. The van der Waals surface area contributed by atoms with Gasteiger partial charge in [0.15, 0.2) is 0 Å². The van der Waals surface area contributed by atoms with Gasteiger partial charge in [0.05, 0.1) is 21.5 Å². The Morgan fingerprint density at radius 3 is 2.04 bits per heavy atom. The molecule has 0 unspecified atom stereocenters. The molecule has 0 radical (unpaired) electrons. The maximum atomic E-state index is 12.1. The van der Waals surface area contributed by atoms with Crippen molar-refractivity contribution in [3.63, 3.8) is 0 Å². The Balaban J connectivity index is 2.11. The van der Waals surface area contributed by atoms with E-state index in [-0.39, 0.29) is 11.5 Å². The van der Waals surface area contributed by atoms with Crippen LogP contribution in [-0.2, 0) is 4.79 Å². The number of piperidine rings is 1. The van der Waals surface area contributed by atoms with Crippen molar-refractivity contribution in [2.45, 2.75) is 19.8 Å². The fourth-order valence-electron chi connectivity index (χ4n) is 2.32. The molecule has 0 saturated carbocycles. The van der Waals surface area contributed by atoms with Gasteiger partial charge in [0, 0.05) is 50.7 Å². The Kier molecular flexibility index (Phi) is 5.37. The molecular weight excluding hydrogens is 334 g/mol. The number of carbonyl (C=O) groups is 2. The van der Waals surface area contributed by atoms with Gasteiger partial charge in [0.25, 0.3) is 17.3 Å². The smallest absolute Gasteiger partial charge is 0.277 e. The lowest BCUT2D eigenvalue weighted by molar-refractivity contribution is -0.394. The molecule has 1 aliphatic rings. The van der Waals surface area contributed by atoms with Gasteiger partial charge in [-0.05, 0) is 0 Å². The molecular formula is C14H15N5O6. The molecule has 1 saturated heterocycles. The number of carbonyl (C=O) groups excluding carboxylic acids is 2. The third-order valence-electron chi connectivity index (χ3n) is 3.69. The zero-order valence-electron chi connectivity index (χ0n) is 13.3. The van der Waals surface area contributed by atoms with E-state index < -0.39 is 27.1 Å². The van der Waals surface area contributed by atoms with Crippen LogP contribution < -0.4 is 5.43 Å². The Hall–Kier alpha value is -3.37. The third-order valence-corrected chi connectivity index (χ3v) is 3.69. The Morgan fingerprint density at radius 1 is 1.08 bits per heavy atom. The highest BCUT2D eigenvalue weighted by molar-refractivity contribution is 5.97. The second kappa shape index (κ2) is 7.47. The number of nitro benzene ring substituents is 2. The van der Waals surface area contributed by atoms with E-state index in [9.17, 15) is 29.8 Å². The SMILES string of the molecule is CC(=O)N1CCC(=NNC(=O)c2cc([N+](=O)[O-])cc([N+](=O)[O-])c2)CC1. The lowest BCUT2D eigenvalue weighted by Crippen LogP contribution is -2.37. The number of likely N-dealkylation sites (tertiary alicyclic amines) is 1. The van der Waals surface area contributed by atoms with Crippen molar-refractivity contribution in [2.75, 3.05) is 13.1 Å². The monoisotopic (exact) mass is 349 g/mol. The molecule has 2 amide bonds. The molecule has 2 rings (SSSR count). The number of non-ortho nitro benzene ring substituents is 2. The summed E-state index contributed by atoms with van der Waals surface area (Å²) in [4.78, 5) is 45.0. The first-order valence-corrected chi connectivity index (χ1v) is 7.33. The van der Waals surface area contributed by atoms with Crippen molar-refractivity contribution in [3.05, 3.63) is 44.0 Å². The molecule has 1 fully saturated rings. The molecule has 0 bridgehead atoms. The van der Waals surface area contributed by atoms with Crippen molar-refractivity contribution in [1.82, 2.24) is 10.3 Å². The molecule has 1 aliphatic heterocycles. The van der Waals surface area contributed by atoms with Crippen molar-refractivity contribution in [2.24, 2.45) is 5.10 Å². The predicted molar refractivity (Wildman–Crippen MR) is 86.1 cm³/mol. The molecule has 1 heterocycles. The highest BCUT2D eigenvalue weighted by Crippen LogP contribution is 2.22. The first-order valence-electron chi connectivity index (χ1n) is 7.33. The van der Waals surface area contributed by atoms with E-state index >= 15 is 0 Å². The minimum absolute atomic E-state index is 0.0352. The summed E-state index contributed by atoms with van der Waals surface area (Å²) in [7, 11) is 0. The van der Waals surface area contributed by atoms with Gasteiger partial charge in [-0.1, -0.05) is 0 Å². The molecule has 0 atom stereocenters. The fraction of sp³-hybridized carbons (Fsp3) is 0.357. The van der Waals surface area contributed by atoms with Crippen LogP contribution in [0.1, 0.15) is 30.1 Å². The van der Waals surface area contributed by atoms with Gasteiger partial charge in [-0.3, -0.25) is 29.8 Å². The molecule has 11 nitrogen and oxygen atoms in total. The molecule has 11 heteroatoms. The van der Waals surface area contributed by atoms with Crippen molar-refractivity contribution in [3.8, 4) is 0 Å². The second-order valence-electron chi connectivity index (χ2n) is 5.38. The average Bonchev–Trinajstić information content (AvgIpc) is 2.59. The van der Waals surface area contributed by atoms with Gasteiger partial charge >= 0.3 is 0 Å². The molecule has 1 aromatic rings. The van der Waals surface area contributed by atoms with Crippen LogP contribution in [0.3, 0.4) is 0 Å². The second-order valence-corrected chi connectivity index (χ2v) is 5.38. The number of hydrazone groups is 1. The fourth-order valence-corrected chi connectivity index (χ4v) is 2.32. The quantitative estimate of drug-likeness (QED) is 0.638. The summed E-state index contributed by atoms with van der Waals surface area (Å²) in [5, 5.41) is 25.6. The van der Waals surface area contributed by atoms with Gasteiger partial charge in [0.2, 0.25) is 5.91 Å². The minimum Gasteiger partial charge on any atom is -0.342 e. The number of nitrogens with zero attached hydrogens (tertiary/aromatic N) is 4. The van der Waals surface area contributed by atoms with E-state index in [1.165, 1.54) is 6.92 Å². The highest BCUT2D eigenvalue weighted by Gasteiger charge is 2.21. The van der Waals surface area contributed by atoms with Crippen LogP contribution in [0, 0.1) is 20.2 Å². The van der Waals surface area contributed by atoms with Crippen molar-refractivity contribution >= 4 is 28.9 Å². The number of nitro groups is 2. The topological polar surface area (TPSA) is 148 Å². The summed E-state index contributed by atoms with van der Waals surface area (Å²) < 4.78 is 0. The van der Waals surface area contributed by atoms with Crippen LogP contribution in [0.4, 0.5) is 11.4 Å². The highest BCUT2D eigenvalue weighted by atomic mass is 16.6. The average molecular weight is 349 g/mol. The summed E-state index contributed by atoms with van der Waals surface area (Å²) in [5.74, 6) is -0.819. The zero-order valence-corrected chi connectivity index (χ0v) is 13.3. The number of amides is 2. The number of hydrogen-bond acceptors (Lipinski definition) is 7. The van der Waals surface area contributed by atoms with Gasteiger partial charge in [-0.25, -0.2) is 5.43 Å². The summed E-state index contributed by atoms with van der Waals surface area (Å²) in [6.45, 7) is 2.46. The van der Waals surface area contributed by atoms with E-state index in [1.807, 2.05) is 0 Å². The first kappa shape index (κ1) is 18.0. The van der Waals surface area contributed by atoms with E-state index in [2.05, 4.69) is 10.5 Å². The lowest BCUT2D eigenvalue weighted by atomic mass is 10.1. The first-order chi connectivity index (χ1) is 11.8. The van der Waals surface area contributed by atoms with Crippen molar-refractivity contribution in [1.29, 1.82) is 0 Å².